The van der Waals surface area contributed by atoms with Crippen LogP contribution in [0.5, 0.6) is 0 Å². The average molecular weight is 480 g/mol. The van der Waals surface area contributed by atoms with Crippen molar-refractivity contribution in [2.24, 2.45) is 0 Å². The highest BCUT2D eigenvalue weighted by atomic mass is 32.2. The van der Waals surface area contributed by atoms with Gasteiger partial charge in [-0.05, 0) is 34.4 Å². The van der Waals surface area contributed by atoms with Gasteiger partial charge in [-0.3, -0.25) is 9.45 Å². The second-order valence-corrected chi connectivity index (χ2v) is 9.92. The van der Waals surface area contributed by atoms with Gasteiger partial charge in [-0.1, -0.05) is 60.7 Å². The number of para-hydroxylation sites is 1. The van der Waals surface area contributed by atoms with Gasteiger partial charge < -0.3 is 9.43 Å². The predicted molar refractivity (Wildman–Crippen MR) is 131 cm³/mol. The molecule has 8 nitrogen and oxygen atoms in total. The summed E-state index contributed by atoms with van der Waals surface area (Å²) in [6.07, 6.45) is 0. The quantitative estimate of drug-likeness (QED) is 0.425. The molecule has 0 aliphatic carbocycles. The third-order valence-corrected chi connectivity index (χ3v) is 6.75. The Labute approximate surface area is 197 Å². The molecule has 0 spiro atoms. The molecule has 1 aromatic heterocycles. The molecule has 1 N–H and O–H groups in total. The lowest BCUT2D eigenvalue weighted by atomic mass is 10.0. The van der Waals surface area contributed by atoms with Gasteiger partial charge >= 0.3 is 5.76 Å². The third kappa shape index (κ3) is 4.77. The zero-order valence-corrected chi connectivity index (χ0v) is 19.3. The summed E-state index contributed by atoms with van der Waals surface area (Å²) in [6.45, 7) is 3.41. The molecule has 5 rings (SSSR count). The van der Waals surface area contributed by atoms with Crippen LogP contribution in [0.3, 0.4) is 0 Å². The van der Waals surface area contributed by atoms with Crippen LogP contribution in [0.1, 0.15) is 11.1 Å². The topological polar surface area (TPSA) is 96.0 Å². The summed E-state index contributed by atoms with van der Waals surface area (Å²) in [5.41, 5.74) is 4.59. The zero-order valence-electron chi connectivity index (χ0n) is 18.5. The Kier molecular flexibility index (Phi) is 5.99. The standard InChI is InChI=1S/C25H25N3O5S/c29-25-28(24-22(18-34(30,31)32)10-5-11-23(24)33-25)27-14-12-26(13-15-27)17-19-6-4-9-21(16-19)20-7-2-1-3-8-20/h1-11,16H,12-15,17-18H2,(H,30,31,32). The van der Waals surface area contributed by atoms with Crippen molar-refractivity contribution in [1.82, 2.24) is 9.58 Å². The minimum Gasteiger partial charge on any atom is -0.406 e. The van der Waals surface area contributed by atoms with Gasteiger partial charge in [0.1, 0.15) is 11.3 Å². The first-order valence-electron chi connectivity index (χ1n) is 11.1. The van der Waals surface area contributed by atoms with Crippen molar-refractivity contribution in [1.29, 1.82) is 0 Å². The fourth-order valence-corrected chi connectivity index (χ4v) is 5.15. The maximum absolute atomic E-state index is 12.6. The summed E-state index contributed by atoms with van der Waals surface area (Å²) < 4.78 is 39.1. The van der Waals surface area contributed by atoms with Crippen molar-refractivity contribution in [3.05, 3.63) is 94.5 Å². The van der Waals surface area contributed by atoms with E-state index < -0.39 is 21.6 Å². The predicted octanol–water partition coefficient (Wildman–Crippen LogP) is 3.10. The first-order valence-corrected chi connectivity index (χ1v) is 12.7. The van der Waals surface area contributed by atoms with Crippen LogP contribution in [-0.2, 0) is 22.4 Å². The van der Waals surface area contributed by atoms with E-state index in [1.54, 1.807) is 18.2 Å². The van der Waals surface area contributed by atoms with E-state index in [4.69, 9.17) is 4.42 Å². The highest BCUT2D eigenvalue weighted by Gasteiger charge is 2.24. The lowest BCUT2D eigenvalue weighted by molar-refractivity contribution is 0.230. The molecule has 9 heteroatoms. The van der Waals surface area contributed by atoms with Gasteiger partial charge in [-0.15, -0.1) is 0 Å². The van der Waals surface area contributed by atoms with Crippen molar-refractivity contribution < 1.29 is 17.4 Å². The molecule has 1 aliphatic rings. The van der Waals surface area contributed by atoms with Crippen LogP contribution in [0.25, 0.3) is 22.2 Å². The van der Waals surface area contributed by atoms with Crippen LogP contribution in [0.4, 0.5) is 0 Å². The van der Waals surface area contributed by atoms with Gasteiger partial charge in [0.15, 0.2) is 5.58 Å². The molecule has 0 atom stereocenters. The summed E-state index contributed by atoms with van der Waals surface area (Å²) in [5, 5.41) is 1.87. The molecular weight excluding hydrogens is 454 g/mol. The van der Waals surface area contributed by atoms with Gasteiger partial charge in [0.2, 0.25) is 0 Å². The fourth-order valence-electron chi connectivity index (χ4n) is 4.52. The largest absolute Gasteiger partial charge is 0.438 e. The number of aromatic nitrogens is 1. The number of hydrogen-bond donors (Lipinski definition) is 1. The van der Waals surface area contributed by atoms with Crippen LogP contribution in [0.2, 0.25) is 0 Å². The second-order valence-electron chi connectivity index (χ2n) is 8.47. The van der Waals surface area contributed by atoms with Crippen LogP contribution >= 0.6 is 0 Å². The molecular formula is C25H25N3O5S. The Morgan fingerprint density at radius 2 is 1.56 bits per heavy atom. The molecule has 34 heavy (non-hydrogen) atoms. The van der Waals surface area contributed by atoms with Crippen LogP contribution in [0, 0.1) is 0 Å². The molecule has 3 aromatic carbocycles. The molecule has 1 saturated heterocycles. The number of fused-ring (bicyclic) bond motifs is 1. The lowest BCUT2D eigenvalue weighted by Crippen LogP contribution is -2.53. The molecule has 2 heterocycles. The Morgan fingerprint density at radius 3 is 2.29 bits per heavy atom. The lowest BCUT2D eigenvalue weighted by Gasteiger charge is -2.36. The summed E-state index contributed by atoms with van der Waals surface area (Å²) in [7, 11) is -4.26. The first-order chi connectivity index (χ1) is 16.4. The van der Waals surface area contributed by atoms with Crippen LogP contribution in [-0.4, -0.2) is 48.7 Å². The van der Waals surface area contributed by atoms with E-state index in [1.807, 2.05) is 23.2 Å². The van der Waals surface area contributed by atoms with E-state index in [0.717, 1.165) is 19.6 Å². The van der Waals surface area contributed by atoms with Gasteiger partial charge in [0, 0.05) is 32.7 Å². The Hall–Kier alpha value is -3.40. The number of oxazole rings is 1. The summed E-state index contributed by atoms with van der Waals surface area (Å²) in [6, 6.07) is 23.6. The fraction of sp³-hybridized carbons (Fsp3) is 0.240. The molecule has 0 amide bonds. The number of rotatable bonds is 6. The molecule has 0 saturated carbocycles. The van der Waals surface area contributed by atoms with Gasteiger partial charge in [-0.25, -0.2) is 4.79 Å². The highest BCUT2D eigenvalue weighted by molar-refractivity contribution is 7.85. The number of piperazine rings is 1. The second kappa shape index (κ2) is 9.09. The van der Waals surface area contributed by atoms with E-state index in [-0.39, 0.29) is 0 Å². The van der Waals surface area contributed by atoms with Crippen molar-refractivity contribution in [2.45, 2.75) is 12.3 Å². The number of nitrogens with zero attached hydrogens (tertiary/aromatic N) is 3. The normalized spacial score (nSPS) is 15.1. The van der Waals surface area contributed by atoms with E-state index in [9.17, 15) is 17.8 Å². The Morgan fingerprint density at radius 1 is 0.853 bits per heavy atom. The SMILES string of the molecule is O=c1oc2cccc(CS(=O)(=O)O)c2n1N1CCN(Cc2cccc(-c3ccccc3)c2)CC1. The monoisotopic (exact) mass is 479 g/mol. The van der Waals surface area contributed by atoms with Gasteiger partial charge in [-0.2, -0.15) is 13.1 Å². The number of hydrogen-bond acceptors (Lipinski definition) is 6. The van der Waals surface area contributed by atoms with Gasteiger partial charge in [0.25, 0.3) is 10.1 Å². The van der Waals surface area contributed by atoms with Crippen LogP contribution < -0.4 is 10.8 Å². The van der Waals surface area contributed by atoms with E-state index >= 15 is 0 Å². The maximum Gasteiger partial charge on any atom is 0.438 e. The molecule has 1 aliphatic heterocycles. The molecule has 4 aromatic rings. The third-order valence-electron chi connectivity index (χ3n) is 6.07. The van der Waals surface area contributed by atoms with Crippen molar-refractivity contribution >= 4 is 21.2 Å². The Balaban J connectivity index is 1.33. The summed E-state index contributed by atoms with van der Waals surface area (Å²) in [4.78, 5) is 15.0. The summed E-state index contributed by atoms with van der Waals surface area (Å²) in [5.74, 6) is -1.15. The molecule has 0 unspecified atom stereocenters. The zero-order chi connectivity index (χ0) is 23.7. The highest BCUT2D eigenvalue weighted by Crippen LogP contribution is 2.23. The van der Waals surface area contributed by atoms with E-state index in [1.165, 1.54) is 21.4 Å². The van der Waals surface area contributed by atoms with Crippen molar-refractivity contribution in [2.75, 3.05) is 31.2 Å². The van der Waals surface area contributed by atoms with E-state index in [0.29, 0.717) is 29.8 Å². The summed E-state index contributed by atoms with van der Waals surface area (Å²) >= 11 is 0. The average Bonchev–Trinajstić information content (AvgIpc) is 3.16. The van der Waals surface area contributed by atoms with Crippen molar-refractivity contribution in [3.63, 3.8) is 0 Å². The maximum atomic E-state index is 12.6. The molecule has 1 fully saturated rings. The van der Waals surface area contributed by atoms with Crippen LogP contribution in [0.15, 0.2) is 82.0 Å². The number of benzene rings is 3. The minimum absolute atomic E-state index is 0.298. The molecule has 176 valence electrons. The first kappa shape index (κ1) is 22.4. The van der Waals surface area contributed by atoms with Gasteiger partial charge in [0.05, 0.1) is 0 Å². The van der Waals surface area contributed by atoms with Crippen molar-refractivity contribution in [3.8, 4) is 11.1 Å². The molecule has 0 radical (unpaired) electrons. The smallest absolute Gasteiger partial charge is 0.406 e. The molecule has 0 bridgehead atoms. The van der Waals surface area contributed by atoms with E-state index in [2.05, 4.69) is 41.3 Å². The minimum atomic E-state index is -4.26. The Bertz CT molecular complexity index is 1470.